The number of hydrogen-bond acceptors (Lipinski definition) is 5. The van der Waals surface area contributed by atoms with Crippen molar-refractivity contribution in [2.75, 3.05) is 23.6 Å². The van der Waals surface area contributed by atoms with Gasteiger partial charge in [-0.25, -0.2) is 16.8 Å². The van der Waals surface area contributed by atoms with Gasteiger partial charge in [-0.3, -0.25) is 4.72 Å². The van der Waals surface area contributed by atoms with E-state index in [2.05, 4.69) is 4.72 Å². The van der Waals surface area contributed by atoms with Gasteiger partial charge in [0.05, 0.1) is 10.6 Å². The summed E-state index contributed by atoms with van der Waals surface area (Å²) < 4.78 is 52.4. The second-order valence-electron chi connectivity index (χ2n) is 5.71. The summed E-state index contributed by atoms with van der Waals surface area (Å²) in [7, 11) is -6.96. The molecule has 1 fully saturated rings. The Morgan fingerprint density at radius 3 is 2.39 bits per heavy atom. The molecule has 0 spiro atoms. The Hall–Kier alpha value is -1.16. The van der Waals surface area contributed by atoms with Crippen molar-refractivity contribution in [3.63, 3.8) is 0 Å². The zero-order valence-electron chi connectivity index (χ0n) is 13.1. The Bertz CT molecular complexity index is 730. The van der Waals surface area contributed by atoms with Crippen molar-refractivity contribution in [3.8, 4) is 0 Å². The summed E-state index contributed by atoms with van der Waals surface area (Å²) in [5.74, 6) is 0.0508. The van der Waals surface area contributed by atoms with Gasteiger partial charge in [0.1, 0.15) is 0 Å². The summed E-state index contributed by atoms with van der Waals surface area (Å²) in [4.78, 5) is 0.142. The molecule has 1 saturated heterocycles. The highest BCUT2D eigenvalue weighted by atomic mass is 32.2. The van der Waals surface area contributed by atoms with Crippen LogP contribution < -0.4 is 10.5 Å². The Morgan fingerprint density at radius 2 is 1.87 bits per heavy atom. The molecule has 1 atom stereocenters. The average molecular weight is 361 g/mol. The molecule has 7 nitrogen and oxygen atoms in total. The molecular weight excluding hydrogens is 338 g/mol. The SMILES string of the molecule is CCCCS(=O)(=O)Nc1ccc(S(=O)(=O)N2CC[C@@H](N)C2)cc1. The molecule has 0 unspecified atom stereocenters. The Morgan fingerprint density at radius 1 is 1.22 bits per heavy atom. The van der Waals surface area contributed by atoms with E-state index in [0.717, 1.165) is 6.42 Å². The van der Waals surface area contributed by atoms with Crippen molar-refractivity contribution >= 4 is 25.7 Å². The van der Waals surface area contributed by atoms with Crippen LogP contribution in [0.4, 0.5) is 5.69 Å². The minimum atomic E-state index is -3.57. The Labute approximate surface area is 138 Å². The molecule has 0 radical (unpaired) electrons. The van der Waals surface area contributed by atoms with Crippen LogP contribution in [0.2, 0.25) is 0 Å². The summed E-state index contributed by atoms with van der Waals surface area (Å²) in [6.07, 6.45) is 2.02. The molecule has 130 valence electrons. The number of hydrogen-bond donors (Lipinski definition) is 2. The van der Waals surface area contributed by atoms with Crippen molar-refractivity contribution in [2.45, 2.75) is 37.1 Å². The van der Waals surface area contributed by atoms with E-state index in [0.29, 0.717) is 31.6 Å². The summed E-state index contributed by atoms with van der Waals surface area (Å²) in [6, 6.07) is 5.63. The first-order valence-electron chi connectivity index (χ1n) is 7.61. The van der Waals surface area contributed by atoms with Crippen LogP contribution in [0.25, 0.3) is 0 Å². The third-order valence-corrected chi connectivity index (χ3v) is 6.97. The van der Waals surface area contributed by atoms with Gasteiger partial charge in [0.2, 0.25) is 20.0 Å². The van der Waals surface area contributed by atoms with Gasteiger partial charge in [0.15, 0.2) is 0 Å². The van der Waals surface area contributed by atoms with E-state index in [1.807, 2.05) is 6.92 Å². The summed E-state index contributed by atoms with van der Waals surface area (Å²) in [6.45, 7) is 2.64. The molecule has 1 aliphatic rings. The lowest BCUT2D eigenvalue weighted by molar-refractivity contribution is 0.472. The molecule has 1 aliphatic heterocycles. The number of benzene rings is 1. The molecule has 3 N–H and O–H groups in total. The van der Waals surface area contributed by atoms with Gasteiger partial charge in [0.25, 0.3) is 0 Å². The smallest absolute Gasteiger partial charge is 0.243 e. The van der Waals surface area contributed by atoms with Crippen molar-refractivity contribution < 1.29 is 16.8 Å². The van der Waals surface area contributed by atoms with Gasteiger partial charge >= 0.3 is 0 Å². The molecule has 0 saturated carbocycles. The van der Waals surface area contributed by atoms with E-state index < -0.39 is 20.0 Å². The van der Waals surface area contributed by atoms with Crippen LogP contribution in [-0.2, 0) is 20.0 Å². The van der Waals surface area contributed by atoms with Crippen molar-refractivity contribution in [1.82, 2.24) is 4.31 Å². The maximum absolute atomic E-state index is 12.4. The van der Waals surface area contributed by atoms with E-state index in [4.69, 9.17) is 5.73 Å². The van der Waals surface area contributed by atoms with Gasteiger partial charge in [-0.2, -0.15) is 4.31 Å². The standard InChI is InChI=1S/C14H23N3O4S2/c1-2-3-10-22(18,19)16-13-4-6-14(7-5-13)23(20,21)17-9-8-12(15)11-17/h4-7,12,16H,2-3,8-11,15H2,1H3/t12-/m1/s1. The zero-order valence-corrected chi connectivity index (χ0v) is 14.7. The minimum Gasteiger partial charge on any atom is -0.326 e. The van der Waals surface area contributed by atoms with Crippen LogP contribution in [0.5, 0.6) is 0 Å². The Balaban J connectivity index is 2.10. The predicted octanol–water partition coefficient (Wildman–Crippen LogP) is 0.950. The number of rotatable bonds is 7. The lowest BCUT2D eigenvalue weighted by Gasteiger charge is -2.16. The fourth-order valence-electron chi connectivity index (χ4n) is 2.38. The van der Waals surface area contributed by atoms with Gasteiger partial charge in [-0.05, 0) is 37.1 Å². The number of nitrogens with zero attached hydrogens (tertiary/aromatic N) is 1. The highest BCUT2D eigenvalue weighted by Gasteiger charge is 2.30. The molecule has 0 aliphatic carbocycles. The van der Waals surface area contributed by atoms with Crippen molar-refractivity contribution in [3.05, 3.63) is 24.3 Å². The first kappa shape index (κ1) is 18.2. The number of anilines is 1. The van der Waals surface area contributed by atoms with Gasteiger partial charge < -0.3 is 5.73 Å². The highest BCUT2D eigenvalue weighted by Crippen LogP contribution is 2.22. The quantitative estimate of drug-likeness (QED) is 0.751. The topological polar surface area (TPSA) is 110 Å². The van der Waals surface area contributed by atoms with Gasteiger partial charge in [-0.1, -0.05) is 13.3 Å². The lowest BCUT2D eigenvalue weighted by Crippen LogP contribution is -2.31. The average Bonchev–Trinajstić information content (AvgIpc) is 2.93. The number of nitrogens with one attached hydrogen (secondary N) is 1. The predicted molar refractivity (Wildman–Crippen MR) is 90.1 cm³/mol. The molecule has 0 bridgehead atoms. The second-order valence-corrected chi connectivity index (χ2v) is 9.49. The minimum absolute atomic E-state index is 0.0508. The number of sulfonamides is 2. The maximum Gasteiger partial charge on any atom is 0.243 e. The lowest BCUT2D eigenvalue weighted by atomic mass is 10.3. The van der Waals surface area contributed by atoms with E-state index in [9.17, 15) is 16.8 Å². The van der Waals surface area contributed by atoms with Crippen molar-refractivity contribution in [1.29, 1.82) is 0 Å². The molecule has 2 rings (SSSR count). The van der Waals surface area contributed by atoms with Crippen LogP contribution in [0.3, 0.4) is 0 Å². The summed E-state index contributed by atoms with van der Waals surface area (Å²) in [5.41, 5.74) is 6.11. The van der Waals surface area contributed by atoms with E-state index in [1.165, 1.54) is 28.6 Å². The number of unbranched alkanes of at least 4 members (excludes halogenated alkanes) is 1. The molecule has 0 aromatic heterocycles. The van der Waals surface area contributed by atoms with Crippen LogP contribution in [0.1, 0.15) is 26.2 Å². The fraction of sp³-hybridized carbons (Fsp3) is 0.571. The first-order valence-corrected chi connectivity index (χ1v) is 10.7. The fourth-order valence-corrected chi connectivity index (χ4v) is 5.16. The maximum atomic E-state index is 12.4. The van der Waals surface area contributed by atoms with Crippen LogP contribution in [0, 0.1) is 0 Å². The third kappa shape index (κ3) is 4.66. The van der Waals surface area contributed by atoms with Crippen LogP contribution >= 0.6 is 0 Å². The zero-order chi connectivity index (χ0) is 17.1. The molecule has 1 heterocycles. The molecule has 23 heavy (non-hydrogen) atoms. The van der Waals surface area contributed by atoms with Crippen LogP contribution in [0.15, 0.2) is 29.2 Å². The first-order chi connectivity index (χ1) is 10.7. The van der Waals surface area contributed by atoms with E-state index in [-0.39, 0.29) is 16.7 Å². The molecule has 1 aromatic rings. The molecular formula is C14H23N3O4S2. The molecule has 9 heteroatoms. The molecule has 0 amide bonds. The second kappa shape index (κ2) is 7.16. The van der Waals surface area contributed by atoms with E-state index >= 15 is 0 Å². The molecule has 1 aromatic carbocycles. The van der Waals surface area contributed by atoms with Crippen LogP contribution in [-0.4, -0.2) is 46.0 Å². The number of nitrogens with two attached hydrogens (primary N) is 1. The van der Waals surface area contributed by atoms with Gasteiger partial charge in [0, 0.05) is 24.8 Å². The van der Waals surface area contributed by atoms with Crippen molar-refractivity contribution in [2.24, 2.45) is 5.73 Å². The monoisotopic (exact) mass is 361 g/mol. The normalized spacial score (nSPS) is 19.8. The van der Waals surface area contributed by atoms with Gasteiger partial charge in [-0.15, -0.1) is 0 Å². The third-order valence-electron chi connectivity index (χ3n) is 3.72. The Kier molecular flexibility index (Phi) is 5.66. The largest absolute Gasteiger partial charge is 0.326 e. The van der Waals surface area contributed by atoms with E-state index in [1.54, 1.807) is 0 Å². The highest BCUT2D eigenvalue weighted by molar-refractivity contribution is 7.92. The summed E-state index contributed by atoms with van der Waals surface area (Å²) in [5, 5.41) is 0. The summed E-state index contributed by atoms with van der Waals surface area (Å²) >= 11 is 0.